The molecule has 0 spiro atoms. The fourth-order valence-electron chi connectivity index (χ4n) is 2.05. The minimum Gasteiger partial charge on any atom is -0.497 e. The third-order valence-corrected chi connectivity index (χ3v) is 3.17. The average Bonchev–Trinajstić information content (AvgIpc) is 2.38. The van der Waals surface area contributed by atoms with Gasteiger partial charge in [0.2, 0.25) is 0 Å². The standard InChI is InChI=1S/C15H22O5/c1-15(2,14(16)17)8-10-6-12(19-4)7-11(9-18-3)13(10)20-5/h6-7H,8-9H2,1-5H3,(H,16,17). The highest BCUT2D eigenvalue weighted by molar-refractivity contribution is 5.74. The molecule has 5 nitrogen and oxygen atoms in total. The Hall–Kier alpha value is -1.75. The molecule has 0 radical (unpaired) electrons. The van der Waals surface area contributed by atoms with Gasteiger partial charge >= 0.3 is 5.97 Å². The predicted molar refractivity (Wildman–Crippen MR) is 75.4 cm³/mol. The van der Waals surface area contributed by atoms with Gasteiger partial charge in [-0.15, -0.1) is 0 Å². The van der Waals surface area contributed by atoms with Crippen LogP contribution in [0.25, 0.3) is 0 Å². The van der Waals surface area contributed by atoms with E-state index < -0.39 is 11.4 Å². The van der Waals surface area contributed by atoms with Crippen molar-refractivity contribution in [2.45, 2.75) is 26.9 Å². The first-order valence-corrected chi connectivity index (χ1v) is 6.31. The smallest absolute Gasteiger partial charge is 0.309 e. The zero-order chi connectivity index (χ0) is 15.3. The van der Waals surface area contributed by atoms with E-state index >= 15 is 0 Å². The number of methoxy groups -OCH3 is 3. The van der Waals surface area contributed by atoms with Crippen molar-refractivity contribution in [3.8, 4) is 11.5 Å². The van der Waals surface area contributed by atoms with Crippen LogP contribution in [0.5, 0.6) is 11.5 Å². The highest BCUT2D eigenvalue weighted by Gasteiger charge is 2.29. The van der Waals surface area contributed by atoms with Crippen molar-refractivity contribution in [1.82, 2.24) is 0 Å². The molecule has 112 valence electrons. The van der Waals surface area contributed by atoms with E-state index in [-0.39, 0.29) is 0 Å². The summed E-state index contributed by atoms with van der Waals surface area (Å²) in [7, 11) is 4.74. The summed E-state index contributed by atoms with van der Waals surface area (Å²) in [5, 5.41) is 9.27. The number of aliphatic carboxylic acids is 1. The van der Waals surface area contributed by atoms with Crippen molar-refractivity contribution in [3.63, 3.8) is 0 Å². The molecule has 0 heterocycles. The first kappa shape index (κ1) is 16.3. The second-order valence-electron chi connectivity index (χ2n) is 5.28. The Bertz CT molecular complexity index is 479. The van der Waals surface area contributed by atoms with Crippen LogP contribution in [0.1, 0.15) is 25.0 Å². The summed E-state index contributed by atoms with van der Waals surface area (Å²) in [6, 6.07) is 3.64. The number of benzene rings is 1. The van der Waals surface area contributed by atoms with Crippen LogP contribution in [-0.4, -0.2) is 32.4 Å². The zero-order valence-corrected chi connectivity index (χ0v) is 12.6. The zero-order valence-electron chi connectivity index (χ0n) is 12.6. The maximum Gasteiger partial charge on any atom is 0.309 e. The third kappa shape index (κ3) is 3.63. The van der Waals surface area contributed by atoms with Crippen molar-refractivity contribution in [2.75, 3.05) is 21.3 Å². The summed E-state index contributed by atoms with van der Waals surface area (Å²) in [4.78, 5) is 11.3. The van der Waals surface area contributed by atoms with Crippen molar-refractivity contribution in [1.29, 1.82) is 0 Å². The average molecular weight is 282 g/mol. The predicted octanol–water partition coefficient (Wildman–Crippen LogP) is 2.50. The van der Waals surface area contributed by atoms with Crippen molar-refractivity contribution < 1.29 is 24.1 Å². The summed E-state index contributed by atoms with van der Waals surface area (Å²) in [6.45, 7) is 3.75. The molecular formula is C15H22O5. The number of carboxylic acid groups (broad SMARTS) is 1. The van der Waals surface area contributed by atoms with E-state index in [1.807, 2.05) is 12.1 Å². The molecule has 1 N–H and O–H groups in total. The first-order chi connectivity index (χ1) is 9.35. The van der Waals surface area contributed by atoms with Crippen LogP contribution in [0.3, 0.4) is 0 Å². The number of hydrogen-bond acceptors (Lipinski definition) is 4. The quantitative estimate of drug-likeness (QED) is 0.832. The largest absolute Gasteiger partial charge is 0.497 e. The maximum absolute atomic E-state index is 11.3. The second kappa shape index (κ2) is 6.61. The van der Waals surface area contributed by atoms with Gasteiger partial charge in [-0.1, -0.05) is 0 Å². The van der Waals surface area contributed by atoms with Crippen LogP contribution in [0.2, 0.25) is 0 Å². The van der Waals surface area contributed by atoms with Gasteiger partial charge in [-0.2, -0.15) is 0 Å². The van der Waals surface area contributed by atoms with E-state index in [2.05, 4.69) is 0 Å². The molecule has 0 saturated heterocycles. The number of hydrogen-bond donors (Lipinski definition) is 1. The molecule has 0 aliphatic rings. The Morgan fingerprint density at radius 1 is 1.15 bits per heavy atom. The number of carbonyl (C=O) groups is 1. The minimum absolute atomic E-state index is 0.347. The van der Waals surface area contributed by atoms with Crippen LogP contribution in [0.15, 0.2) is 12.1 Å². The molecule has 0 saturated carbocycles. The van der Waals surface area contributed by atoms with Gasteiger partial charge in [0.05, 0.1) is 26.2 Å². The van der Waals surface area contributed by atoms with Gasteiger partial charge < -0.3 is 19.3 Å². The van der Waals surface area contributed by atoms with E-state index in [4.69, 9.17) is 14.2 Å². The van der Waals surface area contributed by atoms with Crippen LogP contribution in [0.4, 0.5) is 0 Å². The summed E-state index contributed by atoms with van der Waals surface area (Å²) in [5.41, 5.74) is 0.751. The Labute approximate surface area is 119 Å². The van der Waals surface area contributed by atoms with E-state index in [1.54, 1.807) is 35.2 Å². The maximum atomic E-state index is 11.3. The Kier molecular flexibility index (Phi) is 5.39. The molecule has 0 amide bonds. The molecule has 1 aromatic rings. The third-order valence-electron chi connectivity index (χ3n) is 3.17. The van der Waals surface area contributed by atoms with Gasteiger partial charge in [-0.05, 0) is 38.0 Å². The van der Waals surface area contributed by atoms with Gasteiger partial charge in [0.25, 0.3) is 0 Å². The van der Waals surface area contributed by atoms with Crippen LogP contribution < -0.4 is 9.47 Å². The van der Waals surface area contributed by atoms with Crippen LogP contribution in [0, 0.1) is 5.41 Å². The second-order valence-corrected chi connectivity index (χ2v) is 5.28. The molecule has 0 atom stereocenters. The number of ether oxygens (including phenoxy) is 3. The normalized spacial score (nSPS) is 11.2. The fraction of sp³-hybridized carbons (Fsp3) is 0.533. The highest BCUT2D eigenvalue weighted by Crippen LogP contribution is 2.34. The van der Waals surface area contributed by atoms with Crippen LogP contribution in [-0.2, 0) is 22.6 Å². The van der Waals surface area contributed by atoms with Crippen LogP contribution >= 0.6 is 0 Å². The molecule has 0 unspecified atom stereocenters. The number of rotatable bonds is 7. The first-order valence-electron chi connectivity index (χ1n) is 6.31. The van der Waals surface area contributed by atoms with Crippen molar-refractivity contribution in [3.05, 3.63) is 23.3 Å². The van der Waals surface area contributed by atoms with Gasteiger partial charge in [0, 0.05) is 12.7 Å². The molecule has 20 heavy (non-hydrogen) atoms. The molecule has 5 heteroatoms. The SMILES string of the molecule is COCc1cc(OC)cc(CC(C)(C)C(=O)O)c1OC. The monoisotopic (exact) mass is 282 g/mol. The lowest BCUT2D eigenvalue weighted by molar-refractivity contribution is -0.146. The lowest BCUT2D eigenvalue weighted by atomic mass is 9.85. The van der Waals surface area contributed by atoms with Crippen molar-refractivity contribution in [2.24, 2.45) is 5.41 Å². The molecule has 0 bridgehead atoms. The molecular weight excluding hydrogens is 260 g/mol. The summed E-state index contributed by atoms with van der Waals surface area (Å²) in [5.74, 6) is 0.465. The molecule has 0 aromatic heterocycles. The van der Waals surface area contributed by atoms with E-state index in [0.717, 1.165) is 11.1 Å². The van der Waals surface area contributed by atoms with E-state index in [0.29, 0.717) is 24.5 Å². The summed E-state index contributed by atoms with van der Waals surface area (Å²) >= 11 is 0. The van der Waals surface area contributed by atoms with Gasteiger partial charge in [-0.25, -0.2) is 0 Å². The summed E-state index contributed by atoms with van der Waals surface area (Å²) < 4.78 is 15.8. The van der Waals surface area contributed by atoms with Gasteiger partial charge in [0.1, 0.15) is 11.5 Å². The summed E-state index contributed by atoms with van der Waals surface area (Å²) in [6.07, 6.45) is 0.347. The van der Waals surface area contributed by atoms with Crippen molar-refractivity contribution >= 4 is 5.97 Å². The van der Waals surface area contributed by atoms with E-state index in [9.17, 15) is 9.90 Å². The molecule has 0 fully saturated rings. The van der Waals surface area contributed by atoms with Gasteiger partial charge in [0.15, 0.2) is 0 Å². The Balaban J connectivity index is 3.28. The Morgan fingerprint density at radius 2 is 1.75 bits per heavy atom. The molecule has 0 aliphatic heterocycles. The molecule has 1 aromatic carbocycles. The lowest BCUT2D eigenvalue weighted by Crippen LogP contribution is -2.26. The molecule has 0 aliphatic carbocycles. The Morgan fingerprint density at radius 3 is 2.20 bits per heavy atom. The fourth-order valence-corrected chi connectivity index (χ4v) is 2.05. The topological polar surface area (TPSA) is 65.0 Å². The van der Waals surface area contributed by atoms with Gasteiger partial charge in [-0.3, -0.25) is 4.79 Å². The number of carboxylic acids is 1. The molecule has 1 rings (SSSR count). The van der Waals surface area contributed by atoms with E-state index in [1.165, 1.54) is 0 Å². The lowest BCUT2D eigenvalue weighted by Gasteiger charge is -2.22. The highest BCUT2D eigenvalue weighted by atomic mass is 16.5. The minimum atomic E-state index is -0.885.